The summed E-state index contributed by atoms with van der Waals surface area (Å²) in [4.78, 5) is 0. The Balaban J connectivity index is 1.34. The molecule has 2 saturated heterocycles. The first-order valence-electron chi connectivity index (χ1n) is 14.7. The minimum absolute atomic E-state index is 0.0324. The van der Waals surface area contributed by atoms with E-state index < -0.39 is 8.32 Å². The Morgan fingerprint density at radius 2 is 1.45 bits per heavy atom. The molecule has 2 fully saturated rings. The van der Waals surface area contributed by atoms with Crippen molar-refractivity contribution in [3.63, 3.8) is 0 Å². The Hall–Kier alpha value is -0.763. The molecule has 6 heteroatoms. The maximum absolute atomic E-state index is 7.15. The van der Waals surface area contributed by atoms with Crippen molar-refractivity contribution < 1.29 is 13.9 Å². The third-order valence-electron chi connectivity index (χ3n) is 7.85. The van der Waals surface area contributed by atoms with Crippen LogP contribution in [-0.2, 0) is 13.9 Å². The third-order valence-corrected chi connectivity index (χ3v) is 16.5. The molecule has 3 nitrogen and oxygen atoms in total. The van der Waals surface area contributed by atoms with E-state index in [2.05, 4.69) is 105 Å². The number of benzene rings is 2. The molecule has 0 aromatic heterocycles. The molecule has 4 rings (SSSR count). The van der Waals surface area contributed by atoms with Crippen molar-refractivity contribution in [1.29, 1.82) is 0 Å². The summed E-state index contributed by atoms with van der Waals surface area (Å²) in [7, 11) is -2.44. The highest BCUT2D eigenvalue weighted by molar-refractivity contribution is 8.18. The fraction of sp³-hybridized carbons (Fsp3) is 0.625. The fourth-order valence-corrected chi connectivity index (χ4v) is 14.0. The molecule has 0 aliphatic carbocycles. The Kier molecular flexibility index (Phi) is 11.7. The summed E-state index contributed by atoms with van der Waals surface area (Å²) < 4.78 is 19.3. The normalized spacial score (nSPS) is 20.3. The van der Waals surface area contributed by atoms with E-state index in [1.165, 1.54) is 60.4 Å². The summed E-state index contributed by atoms with van der Waals surface area (Å²) >= 11 is 4.40. The Morgan fingerprint density at radius 3 is 2.03 bits per heavy atom. The van der Waals surface area contributed by atoms with Crippen LogP contribution < -0.4 is 10.4 Å². The highest BCUT2D eigenvalue weighted by atomic mass is 32.2. The van der Waals surface area contributed by atoms with E-state index in [1.807, 2.05) is 0 Å². The van der Waals surface area contributed by atoms with Crippen LogP contribution in [0, 0.1) is 0 Å². The van der Waals surface area contributed by atoms with Gasteiger partial charge in [-0.3, -0.25) is 0 Å². The number of rotatable bonds is 13. The fourth-order valence-electron chi connectivity index (χ4n) is 5.91. The van der Waals surface area contributed by atoms with Crippen molar-refractivity contribution in [1.82, 2.24) is 0 Å². The standard InChI is InChI=1S/C32H48O3S2Si/c1-31(2,3)38(28-16-6-4-7-17-28,29-18-8-5-9-19-29)35-25-13-11-21-32(36-26-15-27-37-32)22-14-24-34-30-20-10-12-23-33-30/h4-9,16-19,30H,10-15,20-27H2,1-3H3. The second-order valence-electron chi connectivity index (χ2n) is 11.7. The molecule has 38 heavy (non-hydrogen) atoms. The first-order valence-corrected chi connectivity index (χ1v) is 18.6. The van der Waals surface area contributed by atoms with Gasteiger partial charge in [-0.2, -0.15) is 0 Å². The highest BCUT2D eigenvalue weighted by Crippen LogP contribution is 2.49. The Bertz CT molecular complexity index is 883. The van der Waals surface area contributed by atoms with Gasteiger partial charge in [0.05, 0.1) is 4.08 Å². The van der Waals surface area contributed by atoms with Crippen LogP contribution in [0.15, 0.2) is 60.7 Å². The summed E-state index contributed by atoms with van der Waals surface area (Å²) in [6, 6.07) is 22.0. The lowest BCUT2D eigenvalue weighted by atomic mass is 10.1. The van der Waals surface area contributed by atoms with E-state index in [4.69, 9.17) is 13.9 Å². The van der Waals surface area contributed by atoms with Crippen molar-refractivity contribution in [2.24, 2.45) is 0 Å². The summed E-state index contributed by atoms with van der Waals surface area (Å²) in [5.74, 6) is 2.58. The van der Waals surface area contributed by atoms with Crippen LogP contribution in [0.4, 0.5) is 0 Å². The van der Waals surface area contributed by atoms with E-state index in [-0.39, 0.29) is 11.3 Å². The van der Waals surface area contributed by atoms with Crippen LogP contribution in [0.2, 0.25) is 5.04 Å². The highest BCUT2D eigenvalue weighted by Gasteiger charge is 2.50. The molecule has 2 aliphatic heterocycles. The minimum atomic E-state index is -2.44. The van der Waals surface area contributed by atoms with Gasteiger partial charge in [0.15, 0.2) is 6.29 Å². The lowest BCUT2D eigenvalue weighted by Gasteiger charge is -2.43. The molecule has 0 N–H and O–H groups in total. The first kappa shape index (κ1) is 30.2. The summed E-state index contributed by atoms with van der Waals surface area (Å²) in [5.41, 5.74) is 0. The molecule has 2 heterocycles. The zero-order valence-corrected chi connectivity index (χ0v) is 26.4. The van der Waals surface area contributed by atoms with Crippen LogP contribution in [0.25, 0.3) is 0 Å². The van der Waals surface area contributed by atoms with E-state index in [1.54, 1.807) is 0 Å². The second-order valence-corrected chi connectivity index (χ2v) is 19.2. The van der Waals surface area contributed by atoms with Gasteiger partial charge in [0.2, 0.25) is 0 Å². The first-order chi connectivity index (χ1) is 18.5. The Labute approximate surface area is 241 Å². The average Bonchev–Trinajstić information content (AvgIpc) is 2.95. The lowest BCUT2D eigenvalue weighted by molar-refractivity contribution is -0.162. The molecule has 0 amide bonds. The number of ether oxygens (including phenoxy) is 2. The van der Waals surface area contributed by atoms with Crippen LogP contribution in [0.5, 0.6) is 0 Å². The molecule has 0 bridgehead atoms. The van der Waals surface area contributed by atoms with Gasteiger partial charge < -0.3 is 13.9 Å². The molecule has 1 atom stereocenters. The van der Waals surface area contributed by atoms with Gasteiger partial charge in [0.25, 0.3) is 8.32 Å². The quantitative estimate of drug-likeness (QED) is 0.182. The molecular formula is C32H48O3S2Si. The van der Waals surface area contributed by atoms with E-state index in [0.717, 1.165) is 39.1 Å². The third kappa shape index (κ3) is 7.92. The van der Waals surface area contributed by atoms with Crippen molar-refractivity contribution in [2.45, 2.75) is 94.0 Å². The van der Waals surface area contributed by atoms with Crippen LogP contribution in [0.1, 0.15) is 78.6 Å². The van der Waals surface area contributed by atoms with Gasteiger partial charge in [-0.05, 0) is 84.7 Å². The van der Waals surface area contributed by atoms with Crippen LogP contribution in [-0.4, -0.2) is 50.0 Å². The van der Waals surface area contributed by atoms with Crippen molar-refractivity contribution >= 4 is 42.2 Å². The van der Waals surface area contributed by atoms with Crippen LogP contribution >= 0.6 is 23.5 Å². The summed E-state index contributed by atoms with van der Waals surface area (Å²) in [5, 5.41) is 2.78. The van der Waals surface area contributed by atoms with Gasteiger partial charge in [-0.1, -0.05) is 81.4 Å². The molecule has 2 aliphatic rings. The van der Waals surface area contributed by atoms with Crippen LogP contribution in [0.3, 0.4) is 0 Å². The van der Waals surface area contributed by atoms with Gasteiger partial charge in [-0.15, -0.1) is 23.5 Å². The molecule has 0 spiro atoms. The second kappa shape index (κ2) is 14.7. The molecule has 0 saturated carbocycles. The molecule has 0 radical (unpaired) electrons. The number of hydrogen-bond acceptors (Lipinski definition) is 5. The molecule has 210 valence electrons. The van der Waals surface area contributed by atoms with Gasteiger partial charge >= 0.3 is 0 Å². The monoisotopic (exact) mass is 572 g/mol. The Morgan fingerprint density at radius 1 is 0.816 bits per heavy atom. The largest absolute Gasteiger partial charge is 0.407 e. The molecular weight excluding hydrogens is 525 g/mol. The number of unbranched alkanes of at least 4 members (excludes halogenated alkanes) is 1. The predicted molar refractivity (Wildman–Crippen MR) is 168 cm³/mol. The average molecular weight is 573 g/mol. The maximum atomic E-state index is 7.15. The summed E-state index contributed by atoms with van der Waals surface area (Å²) in [6.45, 7) is 9.60. The molecule has 2 aromatic carbocycles. The van der Waals surface area contributed by atoms with Gasteiger partial charge in [0.1, 0.15) is 0 Å². The van der Waals surface area contributed by atoms with E-state index in [0.29, 0.717) is 4.08 Å². The molecule has 2 aromatic rings. The number of thioether (sulfide) groups is 2. The zero-order chi connectivity index (χ0) is 26.7. The van der Waals surface area contributed by atoms with Crippen molar-refractivity contribution in [3.8, 4) is 0 Å². The molecule has 1 unspecified atom stereocenters. The van der Waals surface area contributed by atoms with Crippen molar-refractivity contribution in [2.75, 3.05) is 31.3 Å². The van der Waals surface area contributed by atoms with Gasteiger partial charge in [-0.25, -0.2) is 0 Å². The SMILES string of the molecule is CC(C)(C)[Si](OCCCCC1(CCCOC2CCCCO2)SCCCS1)(c1ccccc1)c1ccccc1. The van der Waals surface area contributed by atoms with Crippen molar-refractivity contribution in [3.05, 3.63) is 60.7 Å². The minimum Gasteiger partial charge on any atom is -0.407 e. The van der Waals surface area contributed by atoms with E-state index >= 15 is 0 Å². The van der Waals surface area contributed by atoms with E-state index in [9.17, 15) is 0 Å². The maximum Gasteiger partial charge on any atom is 0.261 e. The summed E-state index contributed by atoms with van der Waals surface area (Å²) in [6.07, 6.45) is 10.8. The van der Waals surface area contributed by atoms with Gasteiger partial charge in [0, 0.05) is 19.8 Å². The topological polar surface area (TPSA) is 27.7 Å². The zero-order valence-electron chi connectivity index (χ0n) is 23.8. The smallest absolute Gasteiger partial charge is 0.261 e. The lowest BCUT2D eigenvalue weighted by Crippen LogP contribution is -2.66. The predicted octanol–water partition coefficient (Wildman–Crippen LogP) is 7.62. The number of hydrogen-bond donors (Lipinski definition) is 0.